The van der Waals surface area contributed by atoms with Crippen molar-refractivity contribution in [1.82, 2.24) is 9.80 Å². The van der Waals surface area contributed by atoms with E-state index in [2.05, 4.69) is 25.8 Å². The molecule has 1 fully saturated rings. The van der Waals surface area contributed by atoms with Gasteiger partial charge in [-0.25, -0.2) is 0 Å². The molecule has 0 N–H and O–H groups in total. The van der Waals surface area contributed by atoms with Gasteiger partial charge in [0.25, 0.3) is 5.91 Å². The summed E-state index contributed by atoms with van der Waals surface area (Å²) in [5, 5.41) is 0. The molecule has 1 aromatic heterocycles. The lowest BCUT2D eigenvalue weighted by molar-refractivity contribution is 0.0728. The number of rotatable bonds is 4. The van der Waals surface area contributed by atoms with Gasteiger partial charge in [0.1, 0.15) is 0 Å². The molecule has 1 aromatic rings. The number of hydrogen-bond donors (Lipinski definition) is 0. The van der Waals surface area contributed by atoms with Crippen LogP contribution in [-0.4, -0.2) is 48.9 Å². The highest BCUT2D eigenvalue weighted by atomic mass is 16.3. The molecule has 106 valence electrons. The van der Waals surface area contributed by atoms with Crippen LogP contribution in [0.4, 0.5) is 0 Å². The lowest BCUT2D eigenvalue weighted by atomic mass is 10.0. The molecule has 0 radical (unpaired) electrons. The molecule has 19 heavy (non-hydrogen) atoms. The minimum atomic E-state index is -0.00556. The minimum absolute atomic E-state index is 0.00556. The average molecular weight is 264 g/mol. The van der Waals surface area contributed by atoms with Crippen LogP contribution in [0.1, 0.15) is 48.7 Å². The smallest absolute Gasteiger partial charge is 0.289 e. The number of amides is 1. The maximum atomic E-state index is 12.4. The summed E-state index contributed by atoms with van der Waals surface area (Å²) in [4.78, 5) is 16.6. The monoisotopic (exact) mass is 264 g/mol. The second kappa shape index (κ2) is 5.78. The molecular weight excluding hydrogens is 240 g/mol. The first-order valence-electron chi connectivity index (χ1n) is 7.03. The zero-order valence-electron chi connectivity index (χ0n) is 12.3. The number of carbonyl (C=O) groups excluding carboxylic acids is 1. The topological polar surface area (TPSA) is 36.7 Å². The molecule has 0 aromatic carbocycles. The molecule has 1 aliphatic rings. The number of likely N-dealkylation sites (tertiary alicyclic amines) is 1. The largest absolute Gasteiger partial charge is 0.459 e. The molecule has 0 saturated carbocycles. The summed E-state index contributed by atoms with van der Waals surface area (Å²) in [7, 11) is 3.99. The summed E-state index contributed by atoms with van der Waals surface area (Å²) in [6, 6.07) is 2.37. The molecule has 1 atom stereocenters. The number of carbonyl (C=O) groups is 1. The lowest BCUT2D eigenvalue weighted by Gasteiger charge is -2.25. The van der Waals surface area contributed by atoms with Gasteiger partial charge in [-0.05, 0) is 38.4 Å². The molecule has 2 rings (SSSR count). The van der Waals surface area contributed by atoms with E-state index in [0.29, 0.717) is 17.7 Å². The SMILES string of the molecule is CC(C)c1ccoc1C(=O)N(C)CC1CCCN1C. The first-order valence-corrected chi connectivity index (χ1v) is 7.03. The van der Waals surface area contributed by atoms with Crippen LogP contribution < -0.4 is 0 Å². The Labute approximate surface area is 115 Å². The van der Waals surface area contributed by atoms with Crippen LogP contribution in [0, 0.1) is 0 Å². The predicted octanol–water partition coefficient (Wildman–Crippen LogP) is 2.57. The van der Waals surface area contributed by atoms with Gasteiger partial charge in [-0.1, -0.05) is 13.8 Å². The van der Waals surface area contributed by atoms with Crippen LogP contribution in [0.5, 0.6) is 0 Å². The third kappa shape index (κ3) is 3.00. The second-order valence-electron chi connectivity index (χ2n) is 5.82. The van der Waals surface area contributed by atoms with E-state index in [9.17, 15) is 4.79 Å². The fourth-order valence-corrected chi connectivity index (χ4v) is 2.73. The fraction of sp³-hybridized carbons (Fsp3) is 0.667. The molecule has 0 spiro atoms. The van der Waals surface area contributed by atoms with Gasteiger partial charge in [-0.3, -0.25) is 4.79 Å². The molecule has 1 aliphatic heterocycles. The van der Waals surface area contributed by atoms with Crippen molar-refractivity contribution in [3.05, 3.63) is 23.7 Å². The third-order valence-corrected chi connectivity index (χ3v) is 4.01. The Bertz CT molecular complexity index is 439. The summed E-state index contributed by atoms with van der Waals surface area (Å²) in [6.45, 7) is 6.05. The molecule has 4 nitrogen and oxygen atoms in total. The molecule has 0 bridgehead atoms. The summed E-state index contributed by atoms with van der Waals surface area (Å²) in [5.74, 6) is 0.799. The van der Waals surface area contributed by atoms with Crippen LogP contribution in [0.2, 0.25) is 0 Å². The normalized spacial score (nSPS) is 20.2. The van der Waals surface area contributed by atoms with Crippen molar-refractivity contribution in [2.45, 2.75) is 38.6 Å². The van der Waals surface area contributed by atoms with E-state index in [1.54, 1.807) is 11.2 Å². The number of furan rings is 1. The molecule has 1 amide bonds. The Balaban J connectivity index is 2.04. The number of likely N-dealkylation sites (N-methyl/N-ethyl adjacent to an activating group) is 2. The first-order chi connectivity index (χ1) is 9.00. The average Bonchev–Trinajstić information content (AvgIpc) is 2.98. The van der Waals surface area contributed by atoms with Crippen molar-refractivity contribution < 1.29 is 9.21 Å². The van der Waals surface area contributed by atoms with E-state index in [4.69, 9.17) is 4.42 Å². The van der Waals surface area contributed by atoms with Crippen LogP contribution in [-0.2, 0) is 0 Å². The number of nitrogens with zero attached hydrogens (tertiary/aromatic N) is 2. The van der Waals surface area contributed by atoms with Crippen LogP contribution in [0.25, 0.3) is 0 Å². The van der Waals surface area contributed by atoms with Gasteiger partial charge in [-0.15, -0.1) is 0 Å². The summed E-state index contributed by atoms with van der Waals surface area (Å²) in [6.07, 6.45) is 4.00. The van der Waals surface area contributed by atoms with Gasteiger partial charge in [0.15, 0.2) is 5.76 Å². The Morgan fingerprint density at radius 3 is 2.89 bits per heavy atom. The van der Waals surface area contributed by atoms with Crippen molar-refractivity contribution in [1.29, 1.82) is 0 Å². The molecule has 0 aliphatic carbocycles. The number of hydrogen-bond acceptors (Lipinski definition) is 3. The Kier molecular flexibility index (Phi) is 4.30. The fourth-order valence-electron chi connectivity index (χ4n) is 2.73. The van der Waals surface area contributed by atoms with Crippen molar-refractivity contribution in [3.63, 3.8) is 0 Å². The molecule has 4 heteroatoms. The van der Waals surface area contributed by atoms with Gasteiger partial charge in [0, 0.05) is 25.2 Å². The van der Waals surface area contributed by atoms with Gasteiger partial charge in [0.05, 0.1) is 6.26 Å². The maximum absolute atomic E-state index is 12.4. The maximum Gasteiger partial charge on any atom is 0.289 e. The molecular formula is C15H24N2O2. The summed E-state index contributed by atoms with van der Waals surface area (Å²) >= 11 is 0. The van der Waals surface area contributed by atoms with Gasteiger partial charge in [0.2, 0.25) is 0 Å². The zero-order chi connectivity index (χ0) is 14.0. The Morgan fingerprint density at radius 1 is 1.58 bits per heavy atom. The Hall–Kier alpha value is -1.29. The van der Waals surface area contributed by atoms with Crippen molar-refractivity contribution in [2.24, 2.45) is 0 Å². The second-order valence-corrected chi connectivity index (χ2v) is 5.82. The summed E-state index contributed by atoms with van der Waals surface area (Å²) in [5.41, 5.74) is 0.997. The minimum Gasteiger partial charge on any atom is -0.459 e. The lowest BCUT2D eigenvalue weighted by Crippen LogP contribution is -2.39. The predicted molar refractivity (Wildman–Crippen MR) is 75.4 cm³/mol. The molecule has 1 saturated heterocycles. The van der Waals surface area contributed by atoms with Crippen molar-refractivity contribution in [3.8, 4) is 0 Å². The molecule has 1 unspecified atom stereocenters. The summed E-state index contributed by atoms with van der Waals surface area (Å²) < 4.78 is 5.40. The third-order valence-electron chi connectivity index (χ3n) is 4.01. The van der Waals surface area contributed by atoms with E-state index < -0.39 is 0 Å². The highest BCUT2D eigenvalue weighted by molar-refractivity contribution is 5.93. The standard InChI is InChI=1S/C15H24N2O2/c1-11(2)13-7-9-19-14(13)15(18)17(4)10-12-6-5-8-16(12)3/h7,9,11-12H,5-6,8,10H2,1-4H3. The quantitative estimate of drug-likeness (QED) is 0.838. The zero-order valence-corrected chi connectivity index (χ0v) is 12.3. The van der Waals surface area contributed by atoms with E-state index in [0.717, 1.165) is 18.7 Å². The van der Waals surface area contributed by atoms with Crippen LogP contribution >= 0.6 is 0 Å². The van der Waals surface area contributed by atoms with Gasteiger partial charge < -0.3 is 14.2 Å². The first kappa shape index (κ1) is 14.1. The van der Waals surface area contributed by atoms with Crippen LogP contribution in [0.15, 0.2) is 16.7 Å². The highest BCUT2D eigenvalue weighted by Gasteiger charge is 2.26. The van der Waals surface area contributed by atoms with Gasteiger partial charge >= 0.3 is 0 Å². The van der Waals surface area contributed by atoms with E-state index in [1.165, 1.54) is 12.8 Å². The van der Waals surface area contributed by atoms with Crippen molar-refractivity contribution in [2.75, 3.05) is 27.2 Å². The van der Waals surface area contributed by atoms with E-state index >= 15 is 0 Å². The van der Waals surface area contributed by atoms with Crippen LogP contribution in [0.3, 0.4) is 0 Å². The van der Waals surface area contributed by atoms with Crippen molar-refractivity contribution >= 4 is 5.91 Å². The van der Waals surface area contributed by atoms with E-state index in [1.807, 2.05) is 13.1 Å². The Morgan fingerprint density at radius 2 is 2.32 bits per heavy atom. The van der Waals surface area contributed by atoms with E-state index in [-0.39, 0.29) is 5.91 Å². The highest BCUT2D eigenvalue weighted by Crippen LogP contribution is 2.22. The molecule has 2 heterocycles. The van der Waals surface area contributed by atoms with Gasteiger partial charge in [-0.2, -0.15) is 0 Å².